The fourth-order valence-electron chi connectivity index (χ4n) is 2.84. The summed E-state index contributed by atoms with van der Waals surface area (Å²) in [5, 5.41) is 6.50. The molecular formula is C20H32N4O2. The summed E-state index contributed by atoms with van der Waals surface area (Å²) in [6.07, 6.45) is 2.21. The Morgan fingerprint density at radius 2 is 1.96 bits per heavy atom. The standard InChI is InChI=1S/C20H32N4O2/c1-3-21-20(23-14-19(25)24-11-7-8-12-24)22-13-17(2)15-26-16-18-9-5-4-6-10-18/h4-6,9-10,17H,3,7-8,11-16H2,1-2H3,(H2,21,22,23). The van der Waals surface area contributed by atoms with Crippen LogP contribution < -0.4 is 10.6 Å². The van der Waals surface area contributed by atoms with Crippen molar-refractivity contribution >= 4 is 11.9 Å². The summed E-state index contributed by atoms with van der Waals surface area (Å²) in [5.74, 6) is 1.14. The number of amides is 1. The van der Waals surface area contributed by atoms with E-state index >= 15 is 0 Å². The topological polar surface area (TPSA) is 66.0 Å². The Morgan fingerprint density at radius 1 is 1.23 bits per heavy atom. The second-order valence-electron chi connectivity index (χ2n) is 6.77. The molecule has 2 rings (SSSR count). The summed E-state index contributed by atoms with van der Waals surface area (Å²) in [4.78, 5) is 18.4. The summed E-state index contributed by atoms with van der Waals surface area (Å²) in [5.41, 5.74) is 1.18. The van der Waals surface area contributed by atoms with Gasteiger partial charge < -0.3 is 20.3 Å². The van der Waals surface area contributed by atoms with Gasteiger partial charge in [0.15, 0.2) is 5.96 Å². The van der Waals surface area contributed by atoms with Crippen LogP contribution in [0.5, 0.6) is 0 Å². The lowest BCUT2D eigenvalue weighted by molar-refractivity contribution is -0.128. The first-order valence-corrected chi connectivity index (χ1v) is 9.60. The third-order valence-corrected chi connectivity index (χ3v) is 4.31. The molecule has 1 heterocycles. The number of nitrogens with one attached hydrogen (secondary N) is 2. The van der Waals surface area contributed by atoms with Crippen LogP contribution in [0.4, 0.5) is 0 Å². The van der Waals surface area contributed by atoms with Crippen LogP contribution in [0.1, 0.15) is 32.3 Å². The molecule has 0 bridgehead atoms. The number of aliphatic imine (C=N–C) groups is 1. The van der Waals surface area contributed by atoms with Crippen molar-refractivity contribution in [3.8, 4) is 0 Å². The quantitative estimate of drug-likeness (QED) is 0.522. The molecule has 0 spiro atoms. The molecule has 144 valence electrons. The summed E-state index contributed by atoms with van der Waals surface area (Å²) in [6.45, 7) is 8.91. The first kappa shape index (κ1) is 20.2. The fourth-order valence-corrected chi connectivity index (χ4v) is 2.84. The number of hydrogen-bond donors (Lipinski definition) is 2. The maximum absolute atomic E-state index is 12.1. The maximum Gasteiger partial charge on any atom is 0.244 e. The van der Waals surface area contributed by atoms with Crippen molar-refractivity contribution in [1.29, 1.82) is 0 Å². The van der Waals surface area contributed by atoms with Gasteiger partial charge in [-0.25, -0.2) is 4.99 Å². The van der Waals surface area contributed by atoms with E-state index in [0.29, 0.717) is 25.1 Å². The van der Waals surface area contributed by atoms with Crippen LogP contribution in [0.3, 0.4) is 0 Å². The zero-order valence-corrected chi connectivity index (χ0v) is 16.0. The Kier molecular flexibility index (Phi) is 8.96. The third kappa shape index (κ3) is 7.44. The highest BCUT2D eigenvalue weighted by molar-refractivity contribution is 5.85. The number of hydrogen-bond acceptors (Lipinski definition) is 3. The van der Waals surface area contributed by atoms with Gasteiger partial charge in [0.05, 0.1) is 13.2 Å². The molecule has 1 saturated heterocycles. The SMILES string of the molecule is CCNC(=NCC(=O)N1CCCC1)NCC(C)COCc1ccccc1. The summed E-state index contributed by atoms with van der Waals surface area (Å²) >= 11 is 0. The molecule has 1 atom stereocenters. The molecule has 26 heavy (non-hydrogen) atoms. The van der Waals surface area contributed by atoms with E-state index in [-0.39, 0.29) is 12.5 Å². The van der Waals surface area contributed by atoms with Crippen molar-refractivity contribution in [3.05, 3.63) is 35.9 Å². The van der Waals surface area contributed by atoms with Crippen molar-refractivity contribution in [2.24, 2.45) is 10.9 Å². The van der Waals surface area contributed by atoms with Crippen molar-refractivity contribution in [2.75, 3.05) is 39.3 Å². The number of guanidine groups is 1. The third-order valence-electron chi connectivity index (χ3n) is 4.31. The predicted molar refractivity (Wildman–Crippen MR) is 105 cm³/mol. The van der Waals surface area contributed by atoms with Crippen LogP contribution in [0.25, 0.3) is 0 Å². The first-order chi connectivity index (χ1) is 12.7. The highest BCUT2D eigenvalue weighted by Crippen LogP contribution is 2.07. The number of benzene rings is 1. The number of likely N-dealkylation sites (tertiary alicyclic amines) is 1. The van der Waals surface area contributed by atoms with Crippen LogP contribution >= 0.6 is 0 Å². The normalized spacial score (nSPS) is 15.8. The van der Waals surface area contributed by atoms with E-state index in [4.69, 9.17) is 4.74 Å². The van der Waals surface area contributed by atoms with Crippen molar-refractivity contribution in [2.45, 2.75) is 33.3 Å². The van der Waals surface area contributed by atoms with E-state index in [2.05, 4.69) is 34.7 Å². The molecule has 1 unspecified atom stereocenters. The molecule has 1 aromatic rings. The molecule has 0 aliphatic carbocycles. The Labute approximate surface area is 157 Å². The molecule has 1 fully saturated rings. The van der Waals surface area contributed by atoms with E-state index < -0.39 is 0 Å². The molecule has 2 N–H and O–H groups in total. The predicted octanol–water partition coefficient (Wildman–Crippen LogP) is 2.02. The van der Waals surface area contributed by atoms with E-state index in [1.54, 1.807) is 0 Å². The van der Waals surface area contributed by atoms with Gasteiger partial charge in [-0.05, 0) is 31.2 Å². The van der Waals surface area contributed by atoms with Gasteiger partial charge in [-0.1, -0.05) is 37.3 Å². The number of rotatable bonds is 9. The molecule has 1 amide bonds. The highest BCUT2D eigenvalue weighted by atomic mass is 16.5. The minimum Gasteiger partial charge on any atom is -0.376 e. The van der Waals surface area contributed by atoms with Gasteiger partial charge in [0.1, 0.15) is 6.54 Å². The maximum atomic E-state index is 12.1. The van der Waals surface area contributed by atoms with Crippen LogP contribution in [0, 0.1) is 5.92 Å². The molecule has 1 aliphatic rings. The average molecular weight is 361 g/mol. The molecule has 0 radical (unpaired) electrons. The zero-order valence-electron chi connectivity index (χ0n) is 16.0. The van der Waals surface area contributed by atoms with Gasteiger partial charge >= 0.3 is 0 Å². The molecule has 1 aliphatic heterocycles. The van der Waals surface area contributed by atoms with Crippen molar-refractivity contribution in [1.82, 2.24) is 15.5 Å². The first-order valence-electron chi connectivity index (χ1n) is 9.60. The second-order valence-corrected chi connectivity index (χ2v) is 6.77. The van der Waals surface area contributed by atoms with Crippen molar-refractivity contribution < 1.29 is 9.53 Å². The zero-order chi connectivity index (χ0) is 18.6. The Bertz CT molecular complexity index is 556. The van der Waals surface area contributed by atoms with Crippen LogP contribution in [0.15, 0.2) is 35.3 Å². The minimum atomic E-state index is 0.110. The van der Waals surface area contributed by atoms with Gasteiger partial charge in [0.2, 0.25) is 5.91 Å². The molecule has 1 aromatic carbocycles. The van der Waals surface area contributed by atoms with Gasteiger partial charge in [-0.15, -0.1) is 0 Å². The Balaban J connectivity index is 1.68. The van der Waals surface area contributed by atoms with Crippen LogP contribution in [0.2, 0.25) is 0 Å². The summed E-state index contributed by atoms with van der Waals surface area (Å²) in [6, 6.07) is 10.2. The molecular weight excluding hydrogens is 328 g/mol. The molecule has 0 aromatic heterocycles. The average Bonchev–Trinajstić information content (AvgIpc) is 3.19. The Morgan fingerprint density at radius 3 is 2.65 bits per heavy atom. The lowest BCUT2D eigenvalue weighted by atomic mass is 10.2. The Hall–Kier alpha value is -2.08. The second kappa shape index (κ2) is 11.5. The van der Waals surface area contributed by atoms with Gasteiger partial charge in [-0.3, -0.25) is 4.79 Å². The van der Waals surface area contributed by atoms with Gasteiger partial charge in [-0.2, -0.15) is 0 Å². The molecule has 6 nitrogen and oxygen atoms in total. The number of carbonyl (C=O) groups excluding carboxylic acids is 1. The summed E-state index contributed by atoms with van der Waals surface area (Å²) < 4.78 is 5.78. The highest BCUT2D eigenvalue weighted by Gasteiger charge is 2.17. The van der Waals surface area contributed by atoms with Crippen molar-refractivity contribution in [3.63, 3.8) is 0 Å². The lowest BCUT2D eigenvalue weighted by Gasteiger charge is -2.17. The van der Waals surface area contributed by atoms with E-state index in [1.165, 1.54) is 5.56 Å². The largest absolute Gasteiger partial charge is 0.376 e. The van der Waals surface area contributed by atoms with E-state index in [1.807, 2.05) is 30.0 Å². The lowest BCUT2D eigenvalue weighted by Crippen LogP contribution is -2.41. The number of carbonyl (C=O) groups is 1. The monoisotopic (exact) mass is 360 g/mol. The van der Waals surface area contributed by atoms with E-state index in [0.717, 1.165) is 39.0 Å². The number of nitrogens with zero attached hydrogens (tertiary/aromatic N) is 2. The molecule has 6 heteroatoms. The van der Waals surface area contributed by atoms with Gasteiger partial charge in [0, 0.05) is 26.2 Å². The summed E-state index contributed by atoms with van der Waals surface area (Å²) in [7, 11) is 0. The minimum absolute atomic E-state index is 0.110. The number of ether oxygens (including phenoxy) is 1. The van der Waals surface area contributed by atoms with Crippen LogP contribution in [-0.2, 0) is 16.1 Å². The fraction of sp³-hybridized carbons (Fsp3) is 0.600. The van der Waals surface area contributed by atoms with E-state index in [9.17, 15) is 4.79 Å². The van der Waals surface area contributed by atoms with Crippen LogP contribution in [-0.4, -0.2) is 56.1 Å². The molecule has 0 saturated carbocycles. The van der Waals surface area contributed by atoms with Gasteiger partial charge in [0.25, 0.3) is 0 Å². The smallest absolute Gasteiger partial charge is 0.244 e.